The smallest absolute Gasteiger partial charge is 2.00 e. The summed E-state index contributed by atoms with van der Waals surface area (Å²) in [5.74, 6) is 0. The zero-order valence-corrected chi connectivity index (χ0v) is 6.30. The summed E-state index contributed by atoms with van der Waals surface area (Å²) in [6.07, 6.45) is 0. The quantitative estimate of drug-likeness (QED) is 0.575. The first kappa shape index (κ1) is 177. The van der Waals surface area contributed by atoms with Crippen LogP contribution in [0, 0.1) is 31.1 Å². The molecule has 0 saturated carbocycles. The number of hydrogen-bond donors (Lipinski definition) is 0. The molecular weight excluding hydrogens is 302 g/mol. The minimum absolute atomic E-state index is 0. The molecule has 0 amide bonds. The third-order valence-corrected chi connectivity index (χ3v) is 0. The van der Waals surface area contributed by atoms with E-state index in [9.17, 15) is 0 Å². The van der Waals surface area contributed by atoms with Crippen LogP contribution in [-0.4, -0.2) is 0 Å². The van der Waals surface area contributed by atoms with E-state index >= 15 is 0 Å². The van der Waals surface area contributed by atoms with Crippen molar-refractivity contribution in [3.05, 3.63) is 0 Å². The molecule has 0 aromatic heterocycles. The third kappa shape index (κ3) is 51.4. The van der Waals surface area contributed by atoms with E-state index in [0.29, 0.717) is 0 Å². The molecule has 0 fully saturated rings. The minimum atomic E-state index is 0. The molecule has 5 heavy (non-hydrogen) atoms. The Balaban J connectivity index is 0. The van der Waals surface area contributed by atoms with Crippen LogP contribution in [0.1, 0.15) is 0 Å². The van der Waals surface area contributed by atoms with Crippen molar-refractivity contribution >= 4 is 0 Å². The van der Waals surface area contributed by atoms with Crippen LogP contribution >= 0.6 is 0 Å². The average Bonchev–Trinajstić information content (AvgIpc) is 0. The Morgan fingerprint density at radius 2 is 0.400 bits per heavy atom. The summed E-state index contributed by atoms with van der Waals surface area (Å²) in [4.78, 5) is 0. The standard InChI is InChI=1S/4O.U/q4*-2;+6. The average molecular weight is 302 g/mol. The molecule has 0 aromatic rings. The van der Waals surface area contributed by atoms with Crippen molar-refractivity contribution in [2.24, 2.45) is 0 Å². The van der Waals surface area contributed by atoms with Crippen molar-refractivity contribution in [3.8, 4) is 0 Å². The first-order valence-electron chi connectivity index (χ1n) is 0. The van der Waals surface area contributed by atoms with Crippen LogP contribution in [0.4, 0.5) is 0 Å². The monoisotopic (exact) mass is 302 g/mol. The van der Waals surface area contributed by atoms with E-state index in [0.717, 1.165) is 0 Å². The molecule has 0 saturated heterocycles. The Morgan fingerprint density at radius 1 is 0.400 bits per heavy atom. The maximum atomic E-state index is 0. The van der Waals surface area contributed by atoms with Crippen LogP contribution in [0.25, 0.3) is 0 Å². The van der Waals surface area contributed by atoms with Crippen molar-refractivity contribution in [2.75, 3.05) is 0 Å². The van der Waals surface area contributed by atoms with E-state index < -0.39 is 0 Å². The van der Waals surface area contributed by atoms with Crippen molar-refractivity contribution in [3.63, 3.8) is 0 Å². The summed E-state index contributed by atoms with van der Waals surface area (Å²) in [6.45, 7) is 0. The van der Waals surface area contributed by atoms with Gasteiger partial charge in [-0.25, -0.2) is 0 Å². The molecule has 5 heteroatoms. The van der Waals surface area contributed by atoms with Gasteiger partial charge in [-0.2, -0.15) is 0 Å². The van der Waals surface area contributed by atoms with Gasteiger partial charge in [-0.1, -0.05) is 0 Å². The predicted octanol–water partition coefficient (Wildman–Crippen LogP) is -0.475. The van der Waals surface area contributed by atoms with Crippen molar-refractivity contribution < 1.29 is 53.0 Å². The third-order valence-electron chi connectivity index (χ3n) is 0. The molecule has 0 bridgehead atoms. The summed E-state index contributed by atoms with van der Waals surface area (Å²) < 4.78 is 0. The van der Waals surface area contributed by atoms with Crippen molar-refractivity contribution in [1.29, 1.82) is 0 Å². The van der Waals surface area contributed by atoms with E-state index in [1.165, 1.54) is 0 Å². The van der Waals surface area contributed by atoms with Gasteiger partial charge < -0.3 is 21.9 Å². The van der Waals surface area contributed by atoms with Crippen LogP contribution in [0.3, 0.4) is 0 Å². The van der Waals surface area contributed by atoms with Crippen LogP contribution in [0.2, 0.25) is 0 Å². The Hall–Kier alpha value is 0.892. The summed E-state index contributed by atoms with van der Waals surface area (Å²) in [5.41, 5.74) is 0. The van der Waals surface area contributed by atoms with Crippen LogP contribution in [-0.2, 0) is 21.9 Å². The Morgan fingerprint density at radius 3 is 0.400 bits per heavy atom. The Bertz CT molecular complexity index is 3.61. The van der Waals surface area contributed by atoms with Gasteiger partial charge in [0.15, 0.2) is 0 Å². The van der Waals surface area contributed by atoms with E-state index in [-0.39, 0.29) is 53.0 Å². The second kappa shape index (κ2) is 93.1. The first-order valence-corrected chi connectivity index (χ1v) is 0. The molecule has 0 aliphatic heterocycles. The van der Waals surface area contributed by atoms with Crippen LogP contribution < -0.4 is 0 Å². The van der Waals surface area contributed by atoms with Gasteiger partial charge in [0, 0.05) is 0 Å². The topological polar surface area (TPSA) is 114 Å². The van der Waals surface area contributed by atoms with Gasteiger partial charge >= 0.3 is 31.1 Å². The molecule has 30 valence electrons. The Kier molecular flexibility index (Phi) is 3300. The zero-order chi connectivity index (χ0) is 0. The number of hydrogen-bond acceptors (Lipinski definition) is 0. The fourth-order valence-electron chi connectivity index (χ4n) is 0. The molecule has 0 rings (SSSR count). The molecular formula is O4U-2. The van der Waals surface area contributed by atoms with Gasteiger partial charge in [0.05, 0.1) is 0 Å². The molecule has 0 atom stereocenters. The molecule has 0 heterocycles. The van der Waals surface area contributed by atoms with Crippen LogP contribution in [0.15, 0.2) is 0 Å². The van der Waals surface area contributed by atoms with E-state index in [1.807, 2.05) is 0 Å². The van der Waals surface area contributed by atoms with Crippen molar-refractivity contribution in [1.82, 2.24) is 0 Å². The van der Waals surface area contributed by atoms with Gasteiger partial charge in [0.1, 0.15) is 0 Å². The van der Waals surface area contributed by atoms with Gasteiger partial charge in [-0.15, -0.1) is 0 Å². The molecule has 0 aromatic carbocycles. The van der Waals surface area contributed by atoms with Gasteiger partial charge in [-0.3, -0.25) is 0 Å². The zero-order valence-electron chi connectivity index (χ0n) is 2.13. The second-order valence-corrected chi connectivity index (χ2v) is 0. The predicted molar refractivity (Wildman–Crippen MR) is 2.75 cm³/mol. The van der Waals surface area contributed by atoms with Gasteiger partial charge in [-0.05, 0) is 0 Å². The van der Waals surface area contributed by atoms with Gasteiger partial charge in [0.25, 0.3) is 0 Å². The molecule has 0 radical (unpaired) electrons. The fraction of sp³-hybridized carbons (Fsp3) is 0. The maximum absolute atomic E-state index is 0. The molecule has 0 aliphatic rings. The van der Waals surface area contributed by atoms with E-state index in [2.05, 4.69) is 0 Å². The second-order valence-electron chi connectivity index (χ2n) is 0. The summed E-state index contributed by atoms with van der Waals surface area (Å²) >= 11 is 0. The normalized spacial score (nSPS) is 0. The van der Waals surface area contributed by atoms with Crippen molar-refractivity contribution in [2.45, 2.75) is 0 Å². The molecule has 4 nitrogen and oxygen atoms in total. The first-order chi connectivity index (χ1) is 0. The van der Waals surface area contributed by atoms with E-state index in [4.69, 9.17) is 0 Å². The molecule has 0 N–H and O–H groups in total. The molecule has 0 unspecified atom stereocenters. The largest absolute Gasteiger partial charge is 6.00 e. The summed E-state index contributed by atoms with van der Waals surface area (Å²) in [7, 11) is 0. The molecule has 0 spiro atoms. The van der Waals surface area contributed by atoms with Gasteiger partial charge in [0.2, 0.25) is 0 Å². The SMILES string of the molecule is [O-2].[O-2].[O-2].[O-2].[U+6]. The summed E-state index contributed by atoms with van der Waals surface area (Å²) in [5, 5.41) is 0. The maximum Gasteiger partial charge on any atom is 6.00 e. The van der Waals surface area contributed by atoms with Crippen LogP contribution in [0.5, 0.6) is 0 Å². The minimum Gasteiger partial charge on any atom is -2.00 e. The molecule has 0 aliphatic carbocycles. The summed E-state index contributed by atoms with van der Waals surface area (Å²) in [6, 6.07) is 0. The van der Waals surface area contributed by atoms with E-state index in [1.54, 1.807) is 0 Å². The number of rotatable bonds is 0. The fourth-order valence-corrected chi connectivity index (χ4v) is 0. The Labute approximate surface area is 53.2 Å².